The third kappa shape index (κ3) is 4.20. The molecule has 0 bridgehead atoms. The highest BCUT2D eigenvalue weighted by molar-refractivity contribution is 8.13. The number of nitrogens with zero attached hydrogens (tertiary/aromatic N) is 2. The number of benzene rings is 1. The van der Waals surface area contributed by atoms with Gasteiger partial charge in [-0.15, -0.1) is 0 Å². The molecular weight excluding hydrogens is 308 g/mol. The number of nitro benzene ring substituents is 1. The Morgan fingerprint density at radius 3 is 2.64 bits per heavy atom. The Labute approximate surface area is 131 Å². The molecule has 1 aromatic rings. The molecule has 0 aromatic heterocycles. The maximum atomic E-state index is 11.8. The van der Waals surface area contributed by atoms with E-state index in [4.69, 9.17) is 4.74 Å². The number of hydrogen-bond acceptors (Lipinski definition) is 6. The zero-order valence-electron chi connectivity index (χ0n) is 12.1. The van der Waals surface area contributed by atoms with Crippen molar-refractivity contribution in [2.75, 3.05) is 13.1 Å². The van der Waals surface area contributed by atoms with Crippen LogP contribution >= 0.6 is 11.8 Å². The molecule has 0 saturated carbocycles. The van der Waals surface area contributed by atoms with Crippen molar-refractivity contribution in [3.63, 3.8) is 0 Å². The molecule has 0 aliphatic carbocycles. The van der Waals surface area contributed by atoms with Crippen molar-refractivity contribution in [1.29, 1.82) is 0 Å². The molecule has 0 N–H and O–H groups in total. The predicted molar refractivity (Wildman–Crippen MR) is 80.6 cm³/mol. The fourth-order valence-corrected chi connectivity index (χ4v) is 2.94. The Morgan fingerprint density at radius 2 is 2.05 bits per heavy atom. The maximum Gasteiger partial charge on any atom is 0.410 e. The summed E-state index contributed by atoms with van der Waals surface area (Å²) in [5.41, 5.74) is 0.483. The van der Waals surface area contributed by atoms with Gasteiger partial charge in [-0.3, -0.25) is 14.9 Å². The molecular formula is C14H16N2O5S. The second-order valence-electron chi connectivity index (χ2n) is 4.90. The molecule has 1 amide bonds. The van der Waals surface area contributed by atoms with Crippen LogP contribution in [-0.2, 0) is 16.1 Å². The quantitative estimate of drug-likeness (QED) is 0.480. The number of thioether (sulfide) groups is 1. The van der Waals surface area contributed by atoms with Crippen molar-refractivity contribution in [3.8, 4) is 0 Å². The van der Waals surface area contributed by atoms with Gasteiger partial charge < -0.3 is 9.64 Å². The molecule has 1 aromatic carbocycles. The van der Waals surface area contributed by atoms with E-state index in [-0.39, 0.29) is 28.4 Å². The first-order valence-corrected chi connectivity index (χ1v) is 7.66. The number of hydrogen-bond donors (Lipinski definition) is 0. The van der Waals surface area contributed by atoms with Gasteiger partial charge in [-0.25, -0.2) is 4.79 Å². The monoisotopic (exact) mass is 324 g/mol. The summed E-state index contributed by atoms with van der Waals surface area (Å²) in [7, 11) is 0. The van der Waals surface area contributed by atoms with Gasteiger partial charge in [0.15, 0.2) is 5.12 Å². The Balaban J connectivity index is 2.05. The van der Waals surface area contributed by atoms with Crippen LogP contribution in [0.1, 0.15) is 25.3 Å². The van der Waals surface area contributed by atoms with Gasteiger partial charge >= 0.3 is 6.09 Å². The summed E-state index contributed by atoms with van der Waals surface area (Å²) in [6.45, 7) is 2.77. The summed E-state index contributed by atoms with van der Waals surface area (Å²) < 4.78 is 5.20. The molecule has 0 atom stereocenters. The van der Waals surface area contributed by atoms with Crippen LogP contribution in [0.2, 0.25) is 0 Å². The average Bonchev–Trinajstić information content (AvgIpc) is 2.98. The highest BCUT2D eigenvalue weighted by Gasteiger charge is 2.20. The van der Waals surface area contributed by atoms with Crippen LogP contribution in [-0.4, -0.2) is 34.1 Å². The van der Waals surface area contributed by atoms with E-state index in [1.807, 2.05) is 0 Å². The second kappa shape index (κ2) is 7.26. The van der Waals surface area contributed by atoms with Gasteiger partial charge in [-0.1, -0.05) is 0 Å². The number of amides is 1. The predicted octanol–water partition coefficient (Wildman–Crippen LogP) is 2.97. The van der Waals surface area contributed by atoms with Crippen LogP contribution in [0.25, 0.3) is 0 Å². The SMILES string of the molecule is CC(=O)Sc1cc(COC(=O)N2CCCC2)ccc1[N+](=O)[O-]. The maximum absolute atomic E-state index is 11.8. The first-order valence-electron chi connectivity index (χ1n) is 6.85. The first-order chi connectivity index (χ1) is 10.5. The zero-order chi connectivity index (χ0) is 16.1. The summed E-state index contributed by atoms with van der Waals surface area (Å²) >= 11 is 0.796. The van der Waals surface area contributed by atoms with E-state index >= 15 is 0 Å². The standard InChI is InChI=1S/C14H16N2O5S/c1-10(17)22-13-8-11(4-5-12(13)16(19)20)9-21-14(18)15-6-2-3-7-15/h4-5,8H,2-3,6-7,9H2,1H3. The van der Waals surface area contributed by atoms with Gasteiger partial charge in [0.25, 0.3) is 5.69 Å². The Kier molecular flexibility index (Phi) is 5.37. The molecule has 7 nitrogen and oxygen atoms in total. The molecule has 118 valence electrons. The molecule has 8 heteroatoms. The Hall–Kier alpha value is -2.09. The van der Waals surface area contributed by atoms with Crippen LogP contribution in [0.5, 0.6) is 0 Å². The summed E-state index contributed by atoms with van der Waals surface area (Å²) in [6, 6.07) is 4.37. The smallest absolute Gasteiger partial charge is 0.410 e. The molecule has 1 aliphatic heterocycles. The summed E-state index contributed by atoms with van der Waals surface area (Å²) in [5, 5.41) is 10.7. The lowest BCUT2D eigenvalue weighted by atomic mass is 10.2. The van der Waals surface area contributed by atoms with E-state index in [2.05, 4.69) is 0 Å². The van der Waals surface area contributed by atoms with Gasteiger partial charge in [0.05, 0.1) is 9.82 Å². The van der Waals surface area contributed by atoms with Crippen molar-refractivity contribution in [3.05, 3.63) is 33.9 Å². The Morgan fingerprint density at radius 1 is 1.36 bits per heavy atom. The molecule has 1 aliphatic rings. The van der Waals surface area contributed by atoms with Crippen molar-refractivity contribution < 1.29 is 19.2 Å². The van der Waals surface area contributed by atoms with Gasteiger partial charge in [0, 0.05) is 26.1 Å². The third-order valence-corrected chi connectivity index (χ3v) is 4.04. The van der Waals surface area contributed by atoms with Crippen LogP contribution in [0.3, 0.4) is 0 Å². The number of carbonyl (C=O) groups is 2. The van der Waals surface area contributed by atoms with Gasteiger partial charge in [0.1, 0.15) is 6.61 Å². The normalized spacial score (nSPS) is 14.0. The van der Waals surface area contributed by atoms with E-state index in [0.29, 0.717) is 18.7 Å². The first kappa shape index (κ1) is 16.3. The average molecular weight is 324 g/mol. The summed E-state index contributed by atoms with van der Waals surface area (Å²) in [5.74, 6) is 0. The molecule has 1 heterocycles. The summed E-state index contributed by atoms with van der Waals surface area (Å²) in [4.78, 5) is 35.3. The number of ether oxygens (including phenoxy) is 1. The van der Waals surface area contributed by atoms with Crippen LogP contribution in [0.4, 0.5) is 10.5 Å². The van der Waals surface area contributed by atoms with Crippen LogP contribution in [0.15, 0.2) is 23.1 Å². The lowest BCUT2D eigenvalue weighted by Gasteiger charge is -2.15. The van der Waals surface area contributed by atoms with E-state index < -0.39 is 4.92 Å². The minimum Gasteiger partial charge on any atom is -0.445 e. The fraction of sp³-hybridized carbons (Fsp3) is 0.429. The zero-order valence-corrected chi connectivity index (χ0v) is 12.9. The topological polar surface area (TPSA) is 89.8 Å². The van der Waals surface area contributed by atoms with Gasteiger partial charge in [-0.2, -0.15) is 0 Å². The molecule has 1 saturated heterocycles. The number of nitro groups is 1. The number of carbonyl (C=O) groups excluding carboxylic acids is 2. The van der Waals surface area contributed by atoms with E-state index in [1.165, 1.54) is 25.1 Å². The highest BCUT2D eigenvalue weighted by Crippen LogP contribution is 2.30. The van der Waals surface area contributed by atoms with Crippen molar-refractivity contribution in [2.24, 2.45) is 0 Å². The number of likely N-dealkylation sites (tertiary alicyclic amines) is 1. The molecule has 0 unspecified atom stereocenters. The minimum absolute atomic E-state index is 0.0266. The molecule has 2 rings (SSSR count). The molecule has 0 radical (unpaired) electrons. The lowest BCUT2D eigenvalue weighted by molar-refractivity contribution is -0.387. The largest absolute Gasteiger partial charge is 0.445 e. The van der Waals surface area contributed by atoms with Gasteiger partial charge in [-0.05, 0) is 42.3 Å². The van der Waals surface area contributed by atoms with Crippen molar-refractivity contribution in [1.82, 2.24) is 4.90 Å². The lowest BCUT2D eigenvalue weighted by Crippen LogP contribution is -2.28. The van der Waals surface area contributed by atoms with E-state index in [1.54, 1.807) is 4.90 Å². The van der Waals surface area contributed by atoms with Crippen molar-refractivity contribution >= 4 is 28.7 Å². The number of rotatable bonds is 4. The van der Waals surface area contributed by atoms with Gasteiger partial charge in [0.2, 0.25) is 0 Å². The molecule has 1 fully saturated rings. The third-order valence-electron chi connectivity index (χ3n) is 3.20. The Bertz CT molecular complexity index is 599. The van der Waals surface area contributed by atoms with E-state index in [9.17, 15) is 19.7 Å². The fourth-order valence-electron chi connectivity index (χ4n) is 2.17. The van der Waals surface area contributed by atoms with Crippen LogP contribution < -0.4 is 0 Å². The van der Waals surface area contributed by atoms with E-state index in [0.717, 1.165) is 24.6 Å². The summed E-state index contributed by atoms with van der Waals surface area (Å²) in [6.07, 6.45) is 1.58. The van der Waals surface area contributed by atoms with Crippen molar-refractivity contribution in [2.45, 2.75) is 31.3 Å². The minimum atomic E-state index is -0.536. The van der Waals surface area contributed by atoms with Crippen LogP contribution in [0, 0.1) is 10.1 Å². The highest BCUT2D eigenvalue weighted by atomic mass is 32.2. The second-order valence-corrected chi connectivity index (χ2v) is 6.12. The molecule has 0 spiro atoms. The molecule has 22 heavy (non-hydrogen) atoms.